The highest BCUT2D eigenvalue weighted by Gasteiger charge is 2.02. The molecule has 0 bridgehead atoms. The van der Waals surface area contributed by atoms with Crippen molar-refractivity contribution in [1.29, 1.82) is 0 Å². The van der Waals surface area contributed by atoms with E-state index in [9.17, 15) is 0 Å². The van der Waals surface area contributed by atoms with Gasteiger partial charge in [0.1, 0.15) is 12.1 Å². The predicted molar refractivity (Wildman–Crippen MR) is 64.0 cm³/mol. The first-order chi connectivity index (χ1) is 7.42. The van der Waals surface area contributed by atoms with Gasteiger partial charge in [0.2, 0.25) is 0 Å². The largest absolute Gasteiger partial charge is 0.368 e. The van der Waals surface area contributed by atoms with E-state index in [2.05, 4.69) is 27.1 Å². The van der Waals surface area contributed by atoms with Gasteiger partial charge in [-0.15, -0.1) is 23.2 Å². The second-order valence-corrected chi connectivity index (χ2v) is 3.88. The molecule has 0 atom stereocenters. The Balaban J connectivity index is 2.12. The normalized spacial score (nSPS) is 9.67. The summed E-state index contributed by atoms with van der Waals surface area (Å²) in [6.45, 7) is 2.67. The molecule has 0 fully saturated rings. The molecular weight excluding hydrogens is 206 g/mol. The summed E-state index contributed by atoms with van der Waals surface area (Å²) in [7, 11) is 0. The van der Waals surface area contributed by atoms with Crippen LogP contribution in [0.5, 0.6) is 0 Å². The standard InChI is InChI=1S/C11H11N3S/c1-2-3-4-6-12-11-10-9(5-7-15-10)13-8-14-11/h5,7-8H,4,6H2,1H3,(H,12,13,14). The molecule has 0 saturated carbocycles. The number of thiophene rings is 1. The van der Waals surface area contributed by atoms with Gasteiger partial charge in [-0.3, -0.25) is 0 Å². The number of hydrogen-bond donors (Lipinski definition) is 1. The van der Waals surface area contributed by atoms with Gasteiger partial charge in [-0.25, -0.2) is 9.97 Å². The Morgan fingerprint density at radius 3 is 3.27 bits per heavy atom. The highest BCUT2D eigenvalue weighted by molar-refractivity contribution is 7.17. The van der Waals surface area contributed by atoms with E-state index < -0.39 is 0 Å². The van der Waals surface area contributed by atoms with Crippen molar-refractivity contribution in [2.24, 2.45) is 0 Å². The molecule has 2 aromatic heterocycles. The summed E-state index contributed by atoms with van der Waals surface area (Å²) in [5, 5.41) is 5.29. The van der Waals surface area contributed by atoms with Gasteiger partial charge >= 0.3 is 0 Å². The topological polar surface area (TPSA) is 37.8 Å². The Hall–Kier alpha value is -1.60. The molecular formula is C11H11N3S. The van der Waals surface area contributed by atoms with E-state index in [0.717, 1.165) is 29.0 Å². The third-order valence-electron chi connectivity index (χ3n) is 1.96. The van der Waals surface area contributed by atoms with E-state index in [-0.39, 0.29) is 0 Å². The van der Waals surface area contributed by atoms with E-state index in [1.807, 2.05) is 18.4 Å². The first kappa shape index (κ1) is 9.94. The molecule has 0 aliphatic rings. The molecule has 0 unspecified atom stereocenters. The van der Waals surface area contributed by atoms with Crippen LogP contribution in [-0.2, 0) is 0 Å². The molecule has 0 radical (unpaired) electrons. The first-order valence-electron chi connectivity index (χ1n) is 4.73. The molecule has 0 aromatic carbocycles. The molecule has 0 spiro atoms. The lowest BCUT2D eigenvalue weighted by Gasteiger charge is -2.02. The average molecular weight is 217 g/mol. The zero-order valence-corrected chi connectivity index (χ0v) is 9.27. The van der Waals surface area contributed by atoms with E-state index in [4.69, 9.17) is 0 Å². The maximum absolute atomic E-state index is 4.22. The van der Waals surface area contributed by atoms with Gasteiger partial charge in [-0.1, -0.05) is 0 Å². The second kappa shape index (κ2) is 4.76. The minimum absolute atomic E-state index is 0.824. The van der Waals surface area contributed by atoms with Gasteiger partial charge in [0.25, 0.3) is 0 Å². The van der Waals surface area contributed by atoms with Gasteiger partial charge in [-0.2, -0.15) is 0 Å². The Bertz CT molecular complexity index is 507. The van der Waals surface area contributed by atoms with Crippen LogP contribution < -0.4 is 5.32 Å². The van der Waals surface area contributed by atoms with Gasteiger partial charge in [0, 0.05) is 13.0 Å². The van der Waals surface area contributed by atoms with Crippen molar-refractivity contribution in [2.45, 2.75) is 13.3 Å². The summed E-state index contributed by atoms with van der Waals surface area (Å²) in [4.78, 5) is 8.39. The van der Waals surface area contributed by atoms with Crippen LogP contribution >= 0.6 is 11.3 Å². The summed E-state index contributed by atoms with van der Waals surface area (Å²) in [6.07, 6.45) is 2.43. The summed E-state index contributed by atoms with van der Waals surface area (Å²) in [6, 6.07) is 2.00. The minimum Gasteiger partial charge on any atom is -0.368 e. The Morgan fingerprint density at radius 2 is 2.40 bits per heavy atom. The molecule has 3 nitrogen and oxygen atoms in total. The maximum atomic E-state index is 4.22. The fraction of sp³-hybridized carbons (Fsp3) is 0.273. The molecule has 2 aromatic rings. The first-order valence-corrected chi connectivity index (χ1v) is 5.61. The maximum Gasteiger partial charge on any atom is 0.147 e. The van der Waals surface area contributed by atoms with Crippen LogP contribution in [0.3, 0.4) is 0 Å². The number of rotatable bonds is 3. The van der Waals surface area contributed by atoms with Crippen molar-refractivity contribution in [1.82, 2.24) is 9.97 Å². The Morgan fingerprint density at radius 1 is 1.47 bits per heavy atom. The molecule has 76 valence electrons. The van der Waals surface area contributed by atoms with E-state index >= 15 is 0 Å². The lowest BCUT2D eigenvalue weighted by atomic mass is 10.4. The molecule has 4 heteroatoms. The van der Waals surface area contributed by atoms with Crippen molar-refractivity contribution in [3.05, 3.63) is 17.8 Å². The van der Waals surface area contributed by atoms with E-state index in [1.165, 1.54) is 0 Å². The summed E-state index contributed by atoms with van der Waals surface area (Å²) in [5.41, 5.74) is 0.999. The second-order valence-electron chi connectivity index (χ2n) is 2.96. The fourth-order valence-corrected chi connectivity index (χ4v) is 2.09. The highest BCUT2D eigenvalue weighted by atomic mass is 32.1. The van der Waals surface area contributed by atoms with Crippen molar-refractivity contribution < 1.29 is 0 Å². The van der Waals surface area contributed by atoms with Crippen molar-refractivity contribution in [2.75, 3.05) is 11.9 Å². The molecule has 2 heterocycles. The number of anilines is 1. The monoisotopic (exact) mass is 217 g/mol. The molecule has 0 saturated heterocycles. The zero-order chi connectivity index (χ0) is 10.5. The van der Waals surface area contributed by atoms with Crippen LogP contribution in [0.25, 0.3) is 10.2 Å². The van der Waals surface area contributed by atoms with Crippen LogP contribution in [-0.4, -0.2) is 16.5 Å². The number of nitrogens with zero attached hydrogens (tertiary/aromatic N) is 2. The summed E-state index contributed by atoms with van der Waals surface area (Å²) < 4.78 is 1.11. The third-order valence-corrected chi connectivity index (χ3v) is 2.87. The molecule has 1 N–H and O–H groups in total. The van der Waals surface area contributed by atoms with Crippen LogP contribution in [0.2, 0.25) is 0 Å². The number of nitrogens with one attached hydrogen (secondary N) is 1. The lowest BCUT2D eigenvalue weighted by molar-refractivity contribution is 1.07. The van der Waals surface area contributed by atoms with Crippen molar-refractivity contribution >= 4 is 27.4 Å². The molecule has 0 aliphatic heterocycles. The van der Waals surface area contributed by atoms with Crippen LogP contribution in [0.15, 0.2) is 17.8 Å². The van der Waals surface area contributed by atoms with Crippen LogP contribution in [0.1, 0.15) is 13.3 Å². The van der Waals surface area contributed by atoms with Crippen molar-refractivity contribution in [3.8, 4) is 11.8 Å². The van der Waals surface area contributed by atoms with Crippen LogP contribution in [0, 0.1) is 11.8 Å². The highest BCUT2D eigenvalue weighted by Crippen LogP contribution is 2.24. The smallest absolute Gasteiger partial charge is 0.147 e. The molecule has 0 amide bonds. The summed E-state index contributed by atoms with van der Waals surface area (Å²) >= 11 is 1.65. The quantitative estimate of drug-likeness (QED) is 0.634. The zero-order valence-electron chi connectivity index (χ0n) is 8.45. The Kier molecular flexibility index (Phi) is 3.15. The lowest BCUT2D eigenvalue weighted by Crippen LogP contribution is -2.02. The number of hydrogen-bond acceptors (Lipinski definition) is 4. The SMILES string of the molecule is CC#CCCNc1ncnc2ccsc12. The molecule has 15 heavy (non-hydrogen) atoms. The minimum atomic E-state index is 0.824. The van der Waals surface area contributed by atoms with Gasteiger partial charge < -0.3 is 5.32 Å². The fourth-order valence-electron chi connectivity index (χ4n) is 1.28. The summed E-state index contributed by atoms with van der Waals surface area (Å²) in [5.74, 6) is 6.78. The Labute approximate surface area is 92.6 Å². The van der Waals surface area contributed by atoms with Gasteiger partial charge in [0.05, 0.1) is 10.2 Å². The number of fused-ring (bicyclic) bond motifs is 1. The van der Waals surface area contributed by atoms with E-state index in [1.54, 1.807) is 17.7 Å². The van der Waals surface area contributed by atoms with E-state index in [0.29, 0.717) is 0 Å². The van der Waals surface area contributed by atoms with Gasteiger partial charge in [0.15, 0.2) is 0 Å². The average Bonchev–Trinajstić information content (AvgIpc) is 2.73. The predicted octanol–water partition coefficient (Wildman–Crippen LogP) is 2.52. The molecule has 2 rings (SSSR count). The molecule has 0 aliphatic carbocycles. The van der Waals surface area contributed by atoms with Crippen molar-refractivity contribution in [3.63, 3.8) is 0 Å². The van der Waals surface area contributed by atoms with Gasteiger partial charge in [-0.05, 0) is 18.4 Å². The number of aromatic nitrogens is 2. The van der Waals surface area contributed by atoms with Crippen LogP contribution in [0.4, 0.5) is 5.82 Å². The third kappa shape index (κ3) is 2.25.